The molecule has 1 atom stereocenters. The lowest BCUT2D eigenvalue weighted by Gasteiger charge is -2.27. The van der Waals surface area contributed by atoms with Gasteiger partial charge in [-0.15, -0.1) is 0 Å². The van der Waals surface area contributed by atoms with Crippen molar-refractivity contribution in [2.75, 3.05) is 6.54 Å². The SMILES string of the molecule is Cc1cc([C@@H]2CCN2)cnc1F. The van der Waals surface area contributed by atoms with Gasteiger partial charge >= 0.3 is 0 Å². The lowest BCUT2D eigenvalue weighted by atomic mass is 9.99. The van der Waals surface area contributed by atoms with Crippen molar-refractivity contribution < 1.29 is 4.39 Å². The van der Waals surface area contributed by atoms with Crippen molar-refractivity contribution in [2.45, 2.75) is 19.4 Å². The highest BCUT2D eigenvalue weighted by Gasteiger charge is 2.19. The van der Waals surface area contributed by atoms with Gasteiger partial charge in [0.2, 0.25) is 5.95 Å². The van der Waals surface area contributed by atoms with Gasteiger partial charge in [0.1, 0.15) is 0 Å². The molecule has 1 fully saturated rings. The Hall–Kier alpha value is -0.960. The van der Waals surface area contributed by atoms with Gasteiger partial charge in [-0.1, -0.05) is 0 Å². The first-order valence-electron chi connectivity index (χ1n) is 4.13. The first-order valence-corrected chi connectivity index (χ1v) is 4.13. The summed E-state index contributed by atoms with van der Waals surface area (Å²) in [4.78, 5) is 3.67. The summed E-state index contributed by atoms with van der Waals surface area (Å²) in [5.41, 5.74) is 1.72. The minimum absolute atomic E-state index is 0.363. The minimum atomic E-state index is -0.363. The van der Waals surface area contributed by atoms with Gasteiger partial charge in [0.25, 0.3) is 0 Å². The Kier molecular flexibility index (Phi) is 1.81. The third-order valence-electron chi connectivity index (χ3n) is 2.26. The molecule has 0 radical (unpaired) electrons. The molecule has 64 valence electrons. The summed E-state index contributed by atoms with van der Waals surface area (Å²) in [7, 11) is 0. The molecule has 0 spiro atoms. The topological polar surface area (TPSA) is 24.9 Å². The van der Waals surface area contributed by atoms with E-state index in [1.807, 2.05) is 6.07 Å². The van der Waals surface area contributed by atoms with E-state index >= 15 is 0 Å². The van der Waals surface area contributed by atoms with Crippen molar-refractivity contribution in [3.8, 4) is 0 Å². The van der Waals surface area contributed by atoms with Gasteiger partial charge in [-0.3, -0.25) is 0 Å². The van der Waals surface area contributed by atoms with Crippen LogP contribution in [0.1, 0.15) is 23.6 Å². The summed E-state index contributed by atoms with van der Waals surface area (Å²) in [5, 5.41) is 3.25. The molecule has 2 nitrogen and oxygen atoms in total. The fourth-order valence-corrected chi connectivity index (χ4v) is 1.34. The Morgan fingerprint density at radius 3 is 2.92 bits per heavy atom. The van der Waals surface area contributed by atoms with Crippen molar-refractivity contribution in [2.24, 2.45) is 0 Å². The summed E-state index contributed by atoms with van der Waals surface area (Å²) >= 11 is 0. The Labute approximate surface area is 70.8 Å². The predicted octanol–water partition coefficient (Wildman–Crippen LogP) is 1.56. The second-order valence-electron chi connectivity index (χ2n) is 3.17. The number of aromatic nitrogens is 1. The molecule has 3 heteroatoms. The smallest absolute Gasteiger partial charge is 0.215 e. The summed E-state index contributed by atoms with van der Waals surface area (Å²) in [6.07, 6.45) is 2.74. The zero-order valence-electron chi connectivity index (χ0n) is 6.97. The maximum Gasteiger partial charge on any atom is 0.215 e. The van der Waals surface area contributed by atoms with Crippen molar-refractivity contribution in [1.29, 1.82) is 0 Å². The van der Waals surface area contributed by atoms with E-state index in [0.29, 0.717) is 11.6 Å². The van der Waals surface area contributed by atoms with Crippen LogP contribution < -0.4 is 5.32 Å². The number of pyridine rings is 1. The van der Waals surface area contributed by atoms with E-state index in [4.69, 9.17) is 0 Å². The predicted molar refractivity (Wildman–Crippen MR) is 44.3 cm³/mol. The molecule has 0 aliphatic carbocycles. The number of aryl methyl sites for hydroxylation is 1. The molecular weight excluding hydrogens is 155 g/mol. The highest BCUT2D eigenvalue weighted by atomic mass is 19.1. The standard InChI is InChI=1S/C9H11FN2/c1-6-4-7(5-12-9(6)10)8-2-3-11-8/h4-5,8,11H,2-3H2,1H3/t8-/m0/s1. The fourth-order valence-electron chi connectivity index (χ4n) is 1.34. The van der Waals surface area contributed by atoms with Gasteiger partial charge in [0.15, 0.2) is 0 Å². The van der Waals surface area contributed by atoms with Crippen LogP contribution in [0.25, 0.3) is 0 Å². The Morgan fingerprint density at radius 1 is 1.67 bits per heavy atom. The van der Waals surface area contributed by atoms with Crippen LogP contribution in [-0.4, -0.2) is 11.5 Å². The summed E-state index contributed by atoms with van der Waals surface area (Å²) in [6, 6.07) is 2.26. The van der Waals surface area contributed by atoms with Crippen LogP contribution in [0.2, 0.25) is 0 Å². The number of hydrogen-bond donors (Lipinski definition) is 1. The molecule has 12 heavy (non-hydrogen) atoms. The maximum atomic E-state index is 12.8. The molecular formula is C9H11FN2. The Bertz CT molecular complexity index is 295. The highest BCUT2D eigenvalue weighted by Crippen LogP contribution is 2.22. The van der Waals surface area contributed by atoms with Crippen LogP contribution >= 0.6 is 0 Å². The van der Waals surface area contributed by atoms with E-state index in [-0.39, 0.29) is 5.95 Å². The lowest BCUT2D eigenvalue weighted by Crippen LogP contribution is -2.35. The molecule has 1 aromatic rings. The van der Waals surface area contributed by atoms with Crippen LogP contribution in [0.3, 0.4) is 0 Å². The molecule has 0 amide bonds. The molecule has 0 saturated carbocycles. The highest BCUT2D eigenvalue weighted by molar-refractivity contribution is 5.22. The second-order valence-corrected chi connectivity index (χ2v) is 3.17. The quantitative estimate of drug-likeness (QED) is 0.640. The van der Waals surface area contributed by atoms with E-state index < -0.39 is 0 Å². The van der Waals surface area contributed by atoms with Crippen LogP contribution in [-0.2, 0) is 0 Å². The van der Waals surface area contributed by atoms with Gasteiger partial charge in [-0.05, 0) is 31.5 Å². The molecule has 0 unspecified atom stereocenters. The van der Waals surface area contributed by atoms with Crippen molar-refractivity contribution >= 4 is 0 Å². The van der Waals surface area contributed by atoms with Gasteiger partial charge < -0.3 is 5.32 Å². The first-order chi connectivity index (χ1) is 5.77. The van der Waals surface area contributed by atoms with E-state index in [0.717, 1.165) is 18.5 Å². The number of rotatable bonds is 1. The average molecular weight is 166 g/mol. The van der Waals surface area contributed by atoms with Crippen molar-refractivity contribution in [3.05, 3.63) is 29.3 Å². The molecule has 2 heterocycles. The lowest BCUT2D eigenvalue weighted by molar-refractivity contribution is 0.381. The summed E-state index contributed by atoms with van der Waals surface area (Å²) in [6.45, 7) is 2.80. The van der Waals surface area contributed by atoms with Crippen LogP contribution in [0.5, 0.6) is 0 Å². The van der Waals surface area contributed by atoms with Crippen LogP contribution in [0.4, 0.5) is 4.39 Å². The zero-order chi connectivity index (χ0) is 8.55. The zero-order valence-corrected chi connectivity index (χ0v) is 6.97. The molecule has 1 N–H and O–H groups in total. The van der Waals surface area contributed by atoms with E-state index in [9.17, 15) is 4.39 Å². The molecule has 1 aliphatic rings. The average Bonchev–Trinajstić information content (AvgIpc) is 1.93. The maximum absolute atomic E-state index is 12.8. The molecule has 1 aromatic heterocycles. The van der Waals surface area contributed by atoms with Gasteiger partial charge in [-0.2, -0.15) is 4.39 Å². The van der Waals surface area contributed by atoms with Gasteiger partial charge in [-0.25, -0.2) is 4.98 Å². The fraction of sp³-hybridized carbons (Fsp3) is 0.444. The second kappa shape index (κ2) is 2.83. The van der Waals surface area contributed by atoms with E-state index in [2.05, 4.69) is 10.3 Å². The van der Waals surface area contributed by atoms with Gasteiger partial charge in [0, 0.05) is 17.8 Å². The van der Waals surface area contributed by atoms with Gasteiger partial charge in [0.05, 0.1) is 0 Å². The molecule has 0 aromatic carbocycles. The normalized spacial score (nSPS) is 22.0. The van der Waals surface area contributed by atoms with Crippen molar-refractivity contribution in [1.82, 2.24) is 10.3 Å². The molecule has 0 bridgehead atoms. The Morgan fingerprint density at radius 2 is 2.42 bits per heavy atom. The van der Waals surface area contributed by atoms with E-state index in [1.165, 1.54) is 0 Å². The first kappa shape index (κ1) is 7.68. The number of nitrogens with one attached hydrogen (secondary N) is 1. The number of halogens is 1. The van der Waals surface area contributed by atoms with Crippen LogP contribution in [0.15, 0.2) is 12.3 Å². The Balaban J connectivity index is 2.27. The van der Waals surface area contributed by atoms with Crippen LogP contribution in [0, 0.1) is 12.9 Å². The van der Waals surface area contributed by atoms with E-state index in [1.54, 1.807) is 13.1 Å². The molecule has 1 saturated heterocycles. The third-order valence-corrected chi connectivity index (χ3v) is 2.26. The molecule has 2 rings (SSSR count). The number of hydrogen-bond acceptors (Lipinski definition) is 2. The molecule has 1 aliphatic heterocycles. The van der Waals surface area contributed by atoms with Crippen molar-refractivity contribution in [3.63, 3.8) is 0 Å². The summed E-state index contributed by atoms with van der Waals surface area (Å²) in [5.74, 6) is -0.363. The monoisotopic (exact) mass is 166 g/mol. The largest absolute Gasteiger partial charge is 0.310 e. The third kappa shape index (κ3) is 1.20. The number of nitrogens with zero attached hydrogens (tertiary/aromatic N) is 1. The minimum Gasteiger partial charge on any atom is -0.310 e. The summed E-state index contributed by atoms with van der Waals surface area (Å²) < 4.78 is 12.8.